The van der Waals surface area contributed by atoms with Crippen LogP contribution < -0.4 is 14.2 Å². The fourth-order valence-corrected chi connectivity index (χ4v) is 1.96. The van der Waals surface area contributed by atoms with Gasteiger partial charge >= 0.3 is 0 Å². The van der Waals surface area contributed by atoms with E-state index in [0.717, 1.165) is 0 Å². The summed E-state index contributed by atoms with van der Waals surface area (Å²) < 4.78 is 15.8. The molecule has 0 aliphatic rings. The molecule has 0 bridgehead atoms. The fraction of sp³-hybridized carbons (Fsp3) is 0.176. The highest BCUT2D eigenvalue weighted by Gasteiger charge is 2.12. The molecule has 0 radical (unpaired) electrons. The molecule has 6 nitrogen and oxygen atoms in total. The molecule has 0 unspecified atom stereocenters. The van der Waals surface area contributed by atoms with Crippen molar-refractivity contribution in [1.82, 2.24) is 0 Å². The summed E-state index contributed by atoms with van der Waals surface area (Å²) in [7, 11) is 4.60. The molecule has 0 atom stereocenters. The molecule has 0 aromatic heterocycles. The van der Waals surface area contributed by atoms with E-state index in [-0.39, 0.29) is 5.69 Å². The molecule has 0 amide bonds. The summed E-state index contributed by atoms with van der Waals surface area (Å²) in [4.78, 5) is 10.2. The zero-order chi connectivity index (χ0) is 16.8. The Labute approximate surface area is 133 Å². The minimum atomic E-state index is -0.448. The molecule has 2 rings (SSSR count). The smallest absolute Gasteiger partial charge is 0.269 e. The van der Waals surface area contributed by atoms with Crippen molar-refractivity contribution in [1.29, 1.82) is 0 Å². The van der Waals surface area contributed by atoms with Crippen molar-refractivity contribution < 1.29 is 19.1 Å². The van der Waals surface area contributed by atoms with Crippen molar-refractivity contribution in [2.45, 2.75) is 0 Å². The lowest BCUT2D eigenvalue weighted by Crippen LogP contribution is -1.95. The van der Waals surface area contributed by atoms with Gasteiger partial charge in [0.1, 0.15) is 0 Å². The third-order valence-corrected chi connectivity index (χ3v) is 3.09. The second-order valence-corrected chi connectivity index (χ2v) is 4.47. The van der Waals surface area contributed by atoms with Gasteiger partial charge in [-0.2, -0.15) is 0 Å². The summed E-state index contributed by atoms with van der Waals surface area (Å²) in [6, 6.07) is 9.50. The third kappa shape index (κ3) is 3.71. The Hall–Kier alpha value is -3.20. The van der Waals surface area contributed by atoms with E-state index in [4.69, 9.17) is 14.2 Å². The summed E-state index contributed by atoms with van der Waals surface area (Å²) in [5.74, 6) is 7.44. The number of hydrogen-bond acceptors (Lipinski definition) is 5. The zero-order valence-corrected chi connectivity index (χ0v) is 13.0. The highest BCUT2D eigenvalue weighted by Crippen LogP contribution is 2.37. The number of benzene rings is 2. The van der Waals surface area contributed by atoms with Crippen LogP contribution in [0.2, 0.25) is 0 Å². The first-order valence-corrected chi connectivity index (χ1v) is 6.65. The Bertz CT molecular complexity index is 747. The van der Waals surface area contributed by atoms with Crippen LogP contribution in [0, 0.1) is 22.0 Å². The average molecular weight is 313 g/mol. The minimum Gasteiger partial charge on any atom is -0.493 e. The molecule has 0 saturated carbocycles. The molecule has 0 saturated heterocycles. The molecule has 118 valence electrons. The van der Waals surface area contributed by atoms with Crippen molar-refractivity contribution in [3.63, 3.8) is 0 Å². The van der Waals surface area contributed by atoms with Gasteiger partial charge in [0.2, 0.25) is 5.75 Å². The molecular weight excluding hydrogens is 298 g/mol. The molecule has 0 fully saturated rings. The van der Waals surface area contributed by atoms with E-state index in [1.165, 1.54) is 33.5 Å². The molecule has 0 aliphatic heterocycles. The summed E-state index contributed by atoms with van der Waals surface area (Å²) in [6.45, 7) is 0. The van der Waals surface area contributed by atoms with E-state index in [0.29, 0.717) is 28.4 Å². The molecule has 6 heteroatoms. The lowest BCUT2D eigenvalue weighted by molar-refractivity contribution is -0.384. The Morgan fingerprint density at radius 3 is 1.83 bits per heavy atom. The summed E-state index contributed by atoms with van der Waals surface area (Å²) in [6.07, 6.45) is 0. The Morgan fingerprint density at radius 1 is 0.870 bits per heavy atom. The van der Waals surface area contributed by atoms with Gasteiger partial charge in [0.25, 0.3) is 5.69 Å². The second-order valence-electron chi connectivity index (χ2n) is 4.47. The fourth-order valence-electron chi connectivity index (χ4n) is 1.96. The first-order chi connectivity index (χ1) is 11.1. The van der Waals surface area contributed by atoms with Gasteiger partial charge in [0.05, 0.1) is 26.3 Å². The van der Waals surface area contributed by atoms with Crippen LogP contribution in [0.3, 0.4) is 0 Å². The van der Waals surface area contributed by atoms with E-state index in [1.54, 1.807) is 24.3 Å². The van der Waals surface area contributed by atoms with Crippen molar-refractivity contribution in [2.75, 3.05) is 21.3 Å². The number of methoxy groups -OCH3 is 3. The van der Waals surface area contributed by atoms with Crippen molar-refractivity contribution in [2.24, 2.45) is 0 Å². The lowest BCUT2D eigenvalue weighted by Gasteiger charge is -2.12. The van der Waals surface area contributed by atoms with Gasteiger partial charge in [0.15, 0.2) is 11.5 Å². The van der Waals surface area contributed by atoms with Gasteiger partial charge in [-0.05, 0) is 24.3 Å². The second kappa shape index (κ2) is 7.18. The molecule has 0 heterocycles. The SMILES string of the molecule is COc1cc(C#Cc2ccc([N+](=O)[O-])cc2)cc(OC)c1OC. The van der Waals surface area contributed by atoms with Crippen molar-refractivity contribution in [3.05, 3.63) is 57.6 Å². The molecule has 0 spiro atoms. The lowest BCUT2D eigenvalue weighted by atomic mass is 10.1. The topological polar surface area (TPSA) is 70.8 Å². The number of nitro benzene ring substituents is 1. The van der Waals surface area contributed by atoms with Gasteiger partial charge in [-0.3, -0.25) is 10.1 Å². The van der Waals surface area contributed by atoms with Crippen molar-refractivity contribution >= 4 is 5.69 Å². The number of hydrogen-bond donors (Lipinski definition) is 0. The van der Waals surface area contributed by atoms with Gasteiger partial charge in [-0.15, -0.1) is 0 Å². The summed E-state index contributed by atoms with van der Waals surface area (Å²) in [5, 5.41) is 10.6. The summed E-state index contributed by atoms with van der Waals surface area (Å²) >= 11 is 0. The van der Waals surface area contributed by atoms with E-state index in [2.05, 4.69) is 11.8 Å². The quantitative estimate of drug-likeness (QED) is 0.493. The van der Waals surface area contributed by atoms with Crippen LogP contribution in [0.4, 0.5) is 5.69 Å². The molecule has 2 aromatic carbocycles. The van der Waals surface area contributed by atoms with E-state index in [9.17, 15) is 10.1 Å². The highest BCUT2D eigenvalue weighted by atomic mass is 16.6. The largest absolute Gasteiger partial charge is 0.493 e. The molecule has 0 aliphatic carbocycles. The van der Waals surface area contributed by atoms with Crippen LogP contribution in [-0.2, 0) is 0 Å². The van der Waals surface area contributed by atoms with Crippen LogP contribution in [-0.4, -0.2) is 26.3 Å². The number of nitro groups is 1. The standard InChI is InChI=1S/C17H15NO5/c1-21-15-10-13(11-16(22-2)17(15)23-3)5-4-12-6-8-14(9-7-12)18(19)20/h6-11H,1-3H3. The van der Waals surface area contributed by atoms with Gasteiger partial charge in [0, 0.05) is 23.3 Å². The predicted molar refractivity (Wildman–Crippen MR) is 85.2 cm³/mol. The number of rotatable bonds is 4. The number of non-ortho nitro benzene ring substituents is 1. The van der Waals surface area contributed by atoms with Crippen LogP contribution in [0.1, 0.15) is 11.1 Å². The molecule has 2 aromatic rings. The maximum atomic E-state index is 10.6. The minimum absolute atomic E-state index is 0.0309. The van der Waals surface area contributed by atoms with E-state index < -0.39 is 4.92 Å². The number of nitrogens with zero attached hydrogens (tertiary/aromatic N) is 1. The van der Waals surface area contributed by atoms with Crippen LogP contribution in [0.5, 0.6) is 17.2 Å². The van der Waals surface area contributed by atoms with Crippen LogP contribution >= 0.6 is 0 Å². The van der Waals surface area contributed by atoms with Gasteiger partial charge < -0.3 is 14.2 Å². The Morgan fingerprint density at radius 2 is 1.39 bits per heavy atom. The zero-order valence-electron chi connectivity index (χ0n) is 13.0. The Balaban J connectivity index is 2.35. The number of ether oxygens (including phenoxy) is 3. The predicted octanol–water partition coefficient (Wildman–Crippen LogP) is 3.02. The van der Waals surface area contributed by atoms with E-state index >= 15 is 0 Å². The van der Waals surface area contributed by atoms with Gasteiger partial charge in [-0.1, -0.05) is 11.8 Å². The van der Waals surface area contributed by atoms with Crippen LogP contribution in [0.25, 0.3) is 0 Å². The van der Waals surface area contributed by atoms with Crippen molar-refractivity contribution in [3.8, 4) is 29.1 Å². The monoisotopic (exact) mass is 313 g/mol. The first kappa shape index (κ1) is 16.2. The summed E-state index contributed by atoms with van der Waals surface area (Å²) in [5.41, 5.74) is 1.38. The normalized spacial score (nSPS) is 9.52. The molecular formula is C17H15NO5. The molecule has 23 heavy (non-hydrogen) atoms. The average Bonchev–Trinajstić information content (AvgIpc) is 2.59. The highest BCUT2D eigenvalue weighted by molar-refractivity contribution is 5.58. The molecule has 0 N–H and O–H groups in total. The van der Waals surface area contributed by atoms with E-state index in [1.807, 2.05) is 0 Å². The van der Waals surface area contributed by atoms with Crippen LogP contribution in [0.15, 0.2) is 36.4 Å². The maximum absolute atomic E-state index is 10.6. The van der Waals surface area contributed by atoms with Gasteiger partial charge in [-0.25, -0.2) is 0 Å². The third-order valence-electron chi connectivity index (χ3n) is 3.09. The first-order valence-electron chi connectivity index (χ1n) is 6.65. The maximum Gasteiger partial charge on any atom is 0.269 e. The Kier molecular flexibility index (Phi) is 5.05.